The van der Waals surface area contributed by atoms with Crippen LogP contribution >= 0.6 is 11.8 Å². The molecule has 2 aliphatic heterocycles. The summed E-state index contributed by atoms with van der Waals surface area (Å²) in [6.45, 7) is 3.49. The summed E-state index contributed by atoms with van der Waals surface area (Å²) in [5, 5.41) is 0.360. The van der Waals surface area contributed by atoms with Crippen LogP contribution in [0.1, 0.15) is 13.8 Å². The molecule has 4 atom stereocenters. The molecule has 0 aromatic rings. The summed E-state index contributed by atoms with van der Waals surface area (Å²) >= 11 is 1.85. The van der Waals surface area contributed by atoms with Crippen molar-refractivity contribution >= 4 is 17.7 Å². The molecule has 2 bridgehead atoms. The van der Waals surface area contributed by atoms with Crippen molar-refractivity contribution in [2.45, 2.75) is 37.4 Å². The molecule has 68 valence electrons. The predicted octanol–water partition coefficient (Wildman–Crippen LogP) is 0.821. The highest BCUT2D eigenvalue weighted by Crippen LogP contribution is 2.41. The van der Waals surface area contributed by atoms with E-state index in [0.29, 0.717) is 5.25 Å². The van der Waals surface area contributed by atoms with Gasteiger partial charge in [-0.25, -0.2) is 0 Å². The zero-order chi connectivity index (χ0) is 8.72. The summed E-state index contributed by atoms with van der Waals surface area (Å²) in [7, 11) is 0. The van der Waals surface area contributed by atoms with E-state index in [1.807, 2.05) is 18.7 Å². The Morgan fingerprint density at radius 3 is 2.83 bits per heavy atom. The van der Waals surface area contributed by atoms with Crippen LogP contribution in [0, 0.1) is 0 Å². The van der Waals surface area contributed by atoms with Gasteiger partial charge in [-0.3, -0.25) is 4.79 Å². The van der Waals surface area contributed by atoms with Crippen LogP contribution in [0.25, 0.3) is 0 Å². The largest absolute Gasteiger partial charge is 0.458 e. The molecule has 0 amide bonds. The molecule has 0 N–H and O–H groups in total. The van der Waals surface area contributed by atoms with Crippen LogP contribution in [0.2, 0.25) is 0 Å². The molecule has 2 fully saturated rings. The van der Waals surface area contributed by atoms with Gasteiger partial charge in [-0.15, -0.1) is 11.8 Å². The number of hydrogen-bond acceptors (Lipinski definition) is 4. The number of ether oxygens (including phenoxy) is 2. The molecule has 0 radical (unpaired) electrons. The van der Waals surface area contributed by atoms with Gasteiger partial charge in [-0.1, -0.05) is 0 Å². The first kappa shape index (κ1) is 8.38. The lowest BCUT2D eigenvalue weighted by Crippen LogP contribution is -2.28. The second-order valence-electron chi connectivity index (χ2n) is 3.25. The first-order chi connectivity index (χ1) is 5.68. The summed E-state index contributed by atoms with van der Waals surface area (Å²) in [5.41, 5.74) is 0. The molecular formula is C8H12O3S. The molecule has 0 aromatic heterocycles. The third-order valence-electron chi connectivity index (χ3n) is 2.30. The van der Waals surface area contributed by atoms with Gasteiger partial charge in [-0.2, -0.15) is 0 Å². The lowest BCUT2D eigenvalue weighted by Gasteiger charge is -2.15. The minimum absolute atomic E-state index is 0.00231. The van der Waals surface area contributed by atoms with Gasteiger partial charge < -0.3 is 9.47 Å². The van der Waals surface area contributed by atoms with Gasteiger partial charge in [0.2, 0.25) is 0 Å². The number of esters is 1. The zero-order valence-corrected chi connectivity index (χ0v) is 7.97. The first-order valence-corrected chi connectivity index (χ1v) is 5.17. The molecule has 2 saturated heterocycles. The number of thioether (sulfide) groups is 1. The van der Waals surface area contributed by atoms with E-state index >= 15 is 0 Å². The summed E-state index contributed by atoms with van der Waals surface area (Å²) in [5.74, 6) is 0.766. The lowest BCUT2D eigenvalue weighted by molar-refractivity contribution is -0.147. The van der Waals surface area contributed by atoms with Crippen molar-refractivity contribution < 1.29 is 14.3 Å². The van der Waals surface area contributed by atoms with Crippen LogP contribution in [0.3, 0.4) is 0 Å². The van der Waals surface area contributed by atoms with Crippen molar-refractivity contribution in [3.63, 3.8) is 0 Å². The fraction of sp³-hybridized carbons (Fsp3) is 0.875. The Balaban J connectivity index is 2.03. The van der Waals surface area contributed by atoms with Crippen molar-refractivity contribution in [3.05, 3.63) is 0 Å². The highest BCUT2D eigenvalue weighted by molar-refractivity contribution is 8.00. The molecule has 2 aliphatic rings. The number of rotatable bonds is 1. The van der Waals surface area contributed by atoms with Gasteiger partial charge >= 0.3 is 5.97 Å². The Labute approximate surface area is 75.8 Å². The average Bonchev–Trinajstić information content (AvgIpc) is 2.44. The van der Waals surface area contributed by atoms with Crippen molar-refractivity contribution in [1.29, 1.82) is 0 Å². The molecule has 0 unspecified atom stereocenters. The van der Waals surface area contributed by atoms with E-state index in [9.17, 15) is 4.79 Å². The fourth-order valence-electron chi connectivity index (χ4n) is 1.81. The fourth-order valence-corrected chi connectivity index (χ4v) is 3.25. The molecule has 2 heterocycles. The summed E-state index contributed by atoms with van der Waals surface area (Å²) in [6.07, 6.45) is 0.375. The smallest absolute Gasteiger partial charge is 0.303 e. The first-order valence-electron chi connectivity index (χ1n) is 4.13. The molecule has 0 aromatic carbocycles. The number of carbonyl (C=O) groups is 1. The zero-order valence-electron chi connectivity index (χ0n) is 7.15. The second-order valence-corrected chi connectivity index (χ2v) is 4.46. The number of carbonyl (C=O) groups excluding carboxylic acids is 1. The number of fused-ring (bicyclic) bond motifs is 2. The highest BCUT2D eigenvalue weighted by Gasteiger charge is 2.50. The Kier molecular flexibility index (Phi) is 2.04. The highest BCUT2D eigenvalue weighted by atomic mass is 32.2. The molecule has 4 heteroatoms. The van der Waals surface area contributed by atoms with Crippen molar-refractivity contribution in [3.8, 4) is 0 Å². The maximum Gasteiger partial charge on any atom is 0.303 e. The third-order valence-corrected chi connectivity index (χ3v) is 3.85. The quantitative estimate of drug-likeness (QED) is 0.571. The minimum atomic E-state index is -0.199. The number of hydrogen-bond donors (Lipinski definition) is 0. The van der Waals surface area contributed by atoms with Gasteiger partial charge in [0.05, 0.1) is 11.4 Å². The van der Waals surface area contributed by atoms with Crippen LogP contribution in [0.4, 0.5) is 0 Å². The maximum absolute atomic E-state index is 10.7. The summed E-state index contributed by atoms with van der Waals surface area (Å²) in [4.78, 5) is 10.7. The Morgan fingerprint density at radius 2 is 2.42 bits per heavy atom. The third kappa shape index (κ3) is 1.23. The second kappa shape index (κ2) is 2.92. The van der Waals surface area contributed by atoms with Crippen LogP contribution in [0.15, 0.2) is 0 Å². The minimum Gasteiger partial charge on any atom is -0.458 e. The normalized spacial score (nSPS) is 44.8. The average molecular weight is 188 g/mol. The van der Waals surface area contributed by atoms with E-state index in [1.54, 1.807) is 0 Å². The summed E-state index contributed by atoms with van der Waals surface area (Å²) < 4.78 is 10.8. The van der Waals surface area contributed by atoms with E-state index in [0.717, 1.165) is 5.75 Å². The van der Waals surface area contributed by atoms with Gasteiger partial charge in [0.15, 0.2) is 0 Å². The van der Waals surface area contributed by atoms with Gasteiger partial charge in [0.1, 0.15) is 12.2 Å². The van der Waals surface area contributed by atoms with Crippen LogP contribution in [0.5, 0.6) is 0 Å². The van der Waals surface area contributed by atoms with Crippen LogP contribution < -0.4 is 0 Å². The monoisotopic (exact) mass is 188 g/mol. The van der Waals surface area contributed by atoms with Gasteiger partial charge in [-0.05, 0) is 6.92 Å². The van der Waals surface area contributed by atoms with E-state index in [2.05, 4.69) is 0 Å². The molecule has 3 nitrogen and oxygen atoms in total. The Hall–Kier alpha value is -0.220. The standard InChI is InChI=1S/C8H12O3S/c1-4-8-7(11-5(2)9)6(10-4)3-12-8/h4,6-8H,3H2,1-2H3/t4-,6+,7-,8+/m1/s1. The van der Waals surface area contributed by atoms with E-state index in [1.165, 1.54) is 6.92 Å². The molecular weight excluding hydrogens is 176 g/mol. The maximum atomic E-state index is 10.7. The Morgan fingerprint density at radius 1 is 1.67 bits per heavy atom. The van der Waals surface area contributed by atoms with Crippen molar-refractivity contribution in [2.75, 3.05) is 5.75 Å². The van der Waals surface area contributed by atoms with Crippen LogP contribution in [-0.2, 0) is 14.3 Å². The molecule has 0 saturated carbocycles. The Bertz CT molecular complexity index is 206. The topological polar surface area (TPSA) is 35.5 Å². The van der Waals surface area contributed by atoms with Crippen molar-refractivity contribution in [2.24, 2.45) is 0 Å². The SMILES string of the molecule is CC(=O)O[C@H]1[C@H]2SC[C@@H]1O[C@@H]2C. The lowest BCUT2D eigenvalue weighted by atomic mass is 10.1. The van der Waals surface area contributed by atoms with Gasteiger partial charge in [0, 0.05) is 12.7 Å². The predicted molar refractivity (Wildman–Crippen MR) is 46.1 cm³/mol. The van der Waals surface area contributed by atoms with E-state index < -0.39 is 0 Å². The van der Waals surface area contributed by atoms with Gasteiger partial charge in [0.25, 0.3) is 0 Å². The van der Waals surface area contributed by atoms with Crippen LogP contribution in [-0.4, -0.2) is 35.3 Å². The molecule has 0 spiro atoms. The van der Waals surface area contributed by atoms with Crippen molar-refractivity contribution in [1.82, 2.24) is 0 Å². The summed E-state index contributed by atoms with van der Waals surface area (Å²) in [6, 6.07) is 0. The van der Waals surface area contributed by atoms with E-state index in [4.69, 9.17) is 9.47 Å². The molecule has 12 heavy (non-hydrogen) atoms. The molecule has 0 aliphatic carbocycles. The van der Waals surface area contributed by atoms with E-state index in [-0.39, 0.29) is 24.3 Å². The molecule has 2 rings (SSSR count).